The predicted octanol–water partition coefficient (Wildman–Crippen LogP) is 4.19. The Bertz CT molecular complexity index is 877. The largest absolute Gasteiger partial charge is 0.426 e. The molecule has 0 amide bonds. The SMILES string of the molecule is CN(c1ccccc1)C1(c2ccccc2)OC(=O)c2ccccc21. The summed E-state index contributed by atoms with van der Waals surface area (Å²) in [7, 11) is 1.96. The van der Waals surface area contributed by atoms with Crippen molar-refractivity contribution in [1.29, 1.82) is 0 Å². The summed E-state index contributed by atoms with van der Waals surface area (Å²) in [5, 5.41) is 0. The van der Waals surface area contributed by atoms with Crippen LogP contribution in [0.25, 0.3) is 0 Å². The van der Waals surface area contributed by atoms with Gasteiger partial charge in [-0.3, -0.25) is 0 Å². The molecule has 0 N–H and O–H groups in total. The Hall–Kier alpha value is -3.07. The molecule has 3 nitrogen and oxygen atoms in total. The number of carbonyl (C=O) groups is 1. The van der Waals surface area contributed by atoms with Crippen LogP contribution in [0.4, 0.5) is 5.69 Å². The first-order valence-electron chi connectivity index (χ1n) is 7.91. The number of anilines is 1. The van der Waals surface area contributed by atoms with Gasteiger partial charge >= 0.3 is 5.97 Å². The van der Waals surface area contributed by atoms with E-state index < -0.39 is 5.72 Å². The highest BCUT2D eigenvalue weighted by Crippen LogP contribution is 2.45. The Balaban J connectivity index is 1.98. The molecule has 3 aromatic rings. The zero-order valence-electron chi connectivity index (χ0n) is 13.3. The molecule has 0 spiro atoms. The molecule has 4 rings (SSSR count). The molecule has 3 aromatic carbocycles. The highest BCUT2D eigenvalue weighted by molar-refractivity contribution is 5.96. The van der Waals surface area contributed by atoms with E-state index in [4.69, 9.17) is 4.74 Å². The van der Waals surface area contributed by atoms with Crippen LogP contribution in [-0.4, -0.2) is 13.0 Å². The number of benzene rings is 3. The molecule has 1 aliphatic heterocycles. The smallest absolute Gasteiger partial charge is 0.341 e. The highest BCUT2D eigenvalue weighted by Gasteiger charge is 2.50. The molecule has 0 saturated carbocycles. The predicted molar refractivity (Wildman–Crippen MR) is 93.9 cm³/mol. The third-order valence-electron chi connectivity index (χ3n) is 4.53. The molecule has 0 saturated heterocycles. The van der Waals surface area contributed by atoms with Gasteiger partial charge in [0, 0.05) is 23.9 Å². The van der Waals surface area contributed by atoms with Gasteiger partial charge in [-0.05, 0) is 18.2 Å². The van der Waals surface area contributed by atoms with E-state index in [1.54, 1.807) is 0 Å². The lowest BCUT2D eigenvalue weighted by atomic mass is 9.91. The van der Waals surface area contributed by atoms with Crippen LogP contribution >= 0.6 is 0 Å². The van der Waals surface area contributed by atoms with Crippen LogP contribution in [-0.2, 0) is 10.5 Å². The van der Waals surface area contributed by atoms with Gasteiger partial charge in [0.05, 0.1) is 5.56 Å². The van der Waals surface area contributed by atoms with Crippen molar-refractivity contribution in [2.24, 2.45) is 0 Å². The minimum absolute atomic E-state index is 0.294. The lowest BCUT2D eigenvalue weighted by Gasteiger charge is -2.39. The van der Waals surface area contributed by atoms with Crippen molar-refractivity contribution in [2.45, 2.75) is 5.72 Å². The first kappa shape index (κ1) is 14.5. The van der Waals surface area contributed by atoms with E-state index >= 15 is 0 Å². The Morgan fingerprint density at radius 3 is 2.08 bits per heavy atom. The molecule has 0 bridgehead atoms. The standard InChI is InChI=1S/C21H17NO2/c1-22(17-12-6-3-7-13-17)21(16-10-4-2-5-11-16)19-15-9-8-14-18(19)20(23)24-21/h2-15H,1H3. The number of ether oxygens (including phenoxy) is 1. The van der Waals surface area contributed by atoms with Crippen LogP contribution in [0.1, 0.15) is 21.5 Å². The van der Waals surface area contributed by atoms with E-state index in [1.165, 1.54) is 0 Å². The summed E-state index contributed by atoms with van der Waals surface area (Å²) in [4.78, 5) is 14.6. The number of cyclic esters (lactones) is 1. The summed E-state index contributed by atoms with van der Waals surface area (Å²) in [5.74, 6) is -0.294. The van der Waals surface area contributed by atoms with Crippen LogP contribution in [0.2, 0.25) is 0 Å². The molecule has 3 heteroatoms. The Kier molecular flexibility index (Phi) is 3.35. The van der Waals surface area contributed by atoms with Gasteiger partial charge in [0.1, 0.15) is 0 Å². The van der Waals surface area contributed by atoms with E-state index in [2.05, 4.69) is 0 Å². The molecule has 0 radical (unpaired) electrons. The second-order valence-electron chi connectivity index (χ2n) is 5.84. The average Bonchev–Trinajstić information content (AvgIpc) is 2.97. The van der Waals surface area contributed by atoms with Gasteiger partial charge in [-0.2, -0.15) is 0 Å². The number of nitrogens with zero attached hydrogens (tertiary/aromatic N) is 1. The highest BCUT2D eigenvalue weighted by atomic mass is 16.6. The van der Waals surface area contributed by atoms with E-state index in [1.807, 2.05) is 96.9 Å². The minimum atomic E-state index is -0.962. The summed E-state index contributed by atoms with van der Waals surface area (Å²) in [6.45, 7) is 0. The van der Waals surface area contributed by atoms with E-state index in [9.17, 15) is 4.79 Å². The van der Waals surface area contributed by atoms with Crippen molar-refractivity contribution >= 4 is 11.7 Å². The van der Waals surface area contributed by atoms with Crippen LogP contribution < -0.4 is 4.90 Å². The number of rotatable bonds is 3. The van der Waals surface area contributed by atoms with Crippen molar-refractivity contribution in [3.05, 3.63) is 102 Å². The number of hydrogen-bond acceptors (Lipinski definition) is 3. The molecule has 1 unspecified atom stereocenters. The fraction of sp³-hybridized carbons (Fsp3) is 0.0952. The molecule has 1 aliphatic rings. The lowest BCUT2D eigenvalue weighted by Crippen LogP contribution is -2.45. The van der Waals surface area contributed by atoms with Crippen LogP contribution in [0, 0.1) is 0 Å². The van der Waals surface area contributed by atoms with Crippen LogP contribution in [0.5, 0.6) is 0 Å². The van der Waals surface area contributed by atoms with E-state index in [0.717, 1.165) is 16.8 Å². The Morgan fingerprint density at radius 2 is 1.38 bits per heavy atom. The second kappa shape index (κ2) is 5.53. The molecule has 0 aliphatic carbocycles. The fourth-order valence-corrected chi connectivity index (χ4v) is 3.36. The van der Waals surface area contributed by atoms with Crippen molar-refractivity contribution in [2.75, 3.05) is 11.9 Å². The summed E-state index contributed by atoms with van der Waals surface area (Å²) < 4.78 is 6.01. The molecular weight excluding hydrogens is 298 g/mol. The van der Waals surface area contributed by atoms with Gasteiger partial charge < -0.3 is 9.64 Å². The molecule has 0 aromatic heterocycles. The van der Waals surface area contributed by atoms with Crippen LogP contribution in [0.15, 0.2) is 84.9 Å². The Morgan fingerprint density at radius 1 is 0.792 bits per heavy atom. The summed E-state index contributed by atoms with van der Waals surface area (Å²) in [6.07, 6.45) is 0. The quantitative estimate of drug-likeness (QED) is 0.679. The van der Waals surface area contributed by atoms with Gasteiger partial charge in [-0.25, -0.2) is 4.79 Å². The minimum Gasteiger partial charge on any atom is -0.426 e. The molecule has 24 heavy (non-hydrogen) atoms. The zero-order valence-corrected chi connectivity index (χ0v) is 13.3. The van der Waals surface area contributed by atoms with Crippen molar-refractivity contribution in [3.8, 4) is 0 Å². The lowest BCUT2D eigenvalue weighted by molar-refractivity contribution is 0.0112. The number of hydrogen-bond donors (Lipinski definition) is 0. The maximum Gasteiger partial charge on any atom is 0.341 e. The fourth-order valence-electron chi connectivity index (χ4n) is 3.36. The summed E-state index contributed by atoms with van der Waals surface area (Å²) >= 11 is 0. The third kappa shape index (κ3) is 2.02. The monoisotopic (exact) mass is 315 g/mol. The van der Waals surface area contributed by atoms with Crippen molar-refractivity contribution < 1.29 is 9.53 Å². The normalized spacial score (nSPS) is 18.8. The summed E-state index contributed by atoms with van der Waals surface area (Å²) in [5.41, 5.74) is 2.42. The molecule has 1 heterocycles. The first-order valence-corrected chi connectivity index (χ1v) is 7.91. The van der Waals surface area contributed by atoms with Gasteiger partial charge in [0.25, 0.3) is 0 Å². The Labute approximate surface area is 141 Å². The van der Waals surface area contributed by atoms with E-state index in [-0.39, 0.29) is 5.97 Å². The van der Waals surface area contributed by atoms with Crippen molar-refractivity contribution in [1.82, 2.24) is 0 Å². The average molecular weight is 315 g/mol. The molecular formula is C21H17NO2. The number of carbonyl (C=O) groups excluding carboxylic acids is 1. The van der Waals surface area contributed by atoms with E-state index in [0.29, 0.717) is 5.56 Å². The maximum absolute atomic E-state index is 12.5. The third-order valence-corrected chi connectivity index (χ3v) is 4.53. The zero-order chi connectivity index (χ0) is 16.6. The maximum atomic E-state index is 12.5. The molecule has 0 fully saturated rings. The molecule has 118 valence electrons. The van der Waals surface area contributed by atoms with Gasteiger partial charge in [-0.1, -0.05) is 66.7 Å². The van der Waals surface area contributed by atoms with Gasteiger partial charge in [-0.15, -0.1) is 0 Å². The summed E-state index contributed by atoms with van der Waals surface area (Å²) in [6, 6.07) is 27.4. The topological polar surface area (TPSA) is 29.5 Å². The second-order valence-corrected chi connectivity index (χ2v) is 5.84. The van der Waals surface area contributed by atoms with Crippen LogP contribution in [0.3, 0.4) is 0 Å². The first-order chi connectivity index (χ1) is 11.7. The number of para-hydroxylation sites is 1. The number of fused-ring (bicyclic) bond motifs is 1. The van der Waals surface area contributed by atoms with Crippen molar-refractivity contribution in [3.63, 3.8) is 0 Å². The van der Waals surface area contributed by atoms with Gasteiger partial charge in [0.2, 0.25) is 5.72 Å². The number of esters is 1. The molecule has 1 atom stereocenters. The van der Waals surface area contributed by atoms with Gasteiger partial charge in [0.15, 0.2) is 0 Å².